The Morgan fingerprint density at radius 2 is 1.56 bits per heavy atom. The van der Waals surface area contributed by atoms with Crippen molar-refractivity contribution >= 4 is 0 Å². The highest BCUT2D eigenvalue weighted by atomic mass is 15.3. The van der Waals surface area contributed by atoms with E-state index < -0.39 is 0 Å². The van der Waals surface area contributed by atoms with E-state index in [-0.39, 0.29) is 0 Å². The fourth-order valence-electron chi connectivity index (χ4n) is 2.03. The summed E-state index contributed by atoms with van der Waals surface area (Å²) in [4.78, 5) is 2.37. The summed E-state index contributed by atoms with van der Waals surface area (Å²) in [6.45, 7) is 7.93. The molecule has 0 amide bonds. The molecule has 1 N–H and O–H groups in total. The Bertz CT molecular complexity index is 178. The second-order valence-electron chi connectivity index (χ2n) is 6.02. The molecule has 0 aliphatic carbocycles. The summed E-state index contributed by atoms with van der Waals surface area (Å²) < 4.78 is 1.03. The zero-order chi connectivity index (χ0) is 12.8. The molecular weight excluding hydrogens is 198 g/mol. The predicted octanol–water partition coefficient (Wildman–Crippen LogP) is 1.40. The van der Waals surface area contributed by atoms with Gasteiger partial charge in [0.2, 0.25) is 0 Å². The molecule has 0 bridgehead atoms. The Balaban J connectivity index is 4.04. The van der Waals surface area contributed by atoms with Gasteiger partial charge in [0.25, 0.3) is 0 Å². The number of quaternary nitrogens is 1. The van der Waals surface area contributed by atoms with Gasteiger partial charge in [-0.2, -0.15) is 0 Å². The average Bonchev–Trinajstić information content (AvgIpc) is 2.17. The van der Waals surface area contributed by atoms with E-state index in [1.54, 1.807) is 0 Å². The molecule has 16 heavy (non-hydrogen) atoms. The Labute approximate surface area is 102 Å². The van der Waals surface area contributed by atoms with Crippen molar-refractivity contribution in [2.45, 2.75) is 32.2 Å². The standard InChI is InChI=1S/C13H32N3/c1-8-13(9-2,15(3)4)12-14-10-11-16(5,6)7/h14H,8-12H2,1-7H3/q+1. The van der Waals surface area contributed by atoms with E-state index in [0.717, 1.165) is 17.6 Å². The molecule has 3 heteroatoms. The second-order valence-corrected chi connectivity index (χ2v) is 6.02. The third-order valence-electron chi connectivity index (χ3n) is 3.68. The first-order valence-corrected chi connectivity index (χ1v) is 6.46. The Kier molecular flexibility index (Phi) is 6.53. The van der Waals surface area contributed by atoms with Gasteiger partial charge < -0.3 is 14.7 Å². The summed E-state index contributed by atoms with van der Waals surface area (Å²) in [7, 11) is 11.1. The van der Waals surface area contributed by atoms with Crippen LogP contribution in [0, 0.1) is 0 Å². The van der Waals surface area contributed by atoms with E-state index in [9.17, 15) is 0 Å². The van der Waals surface area contributed by atoms with Gasteiger partial charge in [0.05, 0.1) is 27.7 Å². The van der Waals surface area contributed by atoms with E-state index in [1.807, 2.05) is 0 Å². The van der Waals surface area contributed by atoms with Crippen LogP contribution in [0.4, 0.5) is 0 Å². The zero-order valence-corrected chi connectivity index (χ0v) is 12.4. The van der Waals surface area contributed by atoms with E-state index in [0.29, 0.717) is 5.54 Å². The summed E-state index contributed by atoms with van der Waals surface area (Å²) in [5.74, 6) is 0. The number of hydrogen-bond acceptors (Lipinski definition) is 2. The van der Waals surface area contributed by atoms with Crippen molar-refractivity contribution in [1.29, 1.82) is 0 Å². The van der Waals surface area contributed by atoms with E-state index >= 15 is 0 Å². The van der Waals surface area contributed by atoms with Crippen molar-refractivity contribution in [2.24, 2.45) is 0 Å². The van der Waals surface area contributed by atoms with Crippen molar-refractivity contribution in [3.8, 4) is 0 Å². The number of nitrogens with zero attached hydrogens (tertiary/aromatic N) is 2. The molecule has 0 atom stereocenters. The van der Waals surface area contributed by atoms with Gasteiger partial charge in [-0.05, 0) is 26.9 Å². The van der Waals surface area contributed by atoms with Crippen molar-refractivity contribution in [1.82, 2.24) is 10.2 Å². The van der Waals surface area contributed by atoms with Crippen molar-refractivity contribution in [2.75, 3.05) is 54.9 Å². The molecular formula is C13H32N3+. The van der Waals surface area contributed by atoms with Gasteiger partial charge in [-0.15, -0.1) is 0 Å². The second kappa shape index (κ2) is 6.58. The van der Waals surface area contributed by atoms with Crippen LogP contribution in [-0.2, 0) is 0 Å². The quantitative estimate of drug-likeness (QED) is 0.501. The number of likely N-dealkylation sites (N-methyl/N-ethyl adjacent to an activating group) is 2. The smallest absolute Gasteiger partial charge is 0.0907 e. The van der Waals surface area contributed by atoms with Crippen LogP contribution >= 0.6 is 0 Å². The van der Waals surface area contributed by atoms with Gasteiger partial charge in [0.1, 0.15) is 0 Å². The maximum Gasteiger partial charge on any atom is 0.0907 e. The SMILES string of the molecule is CCC(CC)(CNCC[N+](C)(C)C)N(C)C. The maximum atomic E-state index is 3.61. The van der Waals surface area contributed by atoms with Gasteiger partial charge in [0, 0.05) is 18.6 Å². The van der Waals surface area contributed by atoms with Crippen molar-refractivity contribution in [3.63, 3.8) is 0 Å². The Hall–Kier alpha value is -0.120. The summed E-state index contributed by atoms with van der Waals surface area (Å²) in [6, 6.07) is 0. The van der Waals surface area contributed by atoms with Crippen molar-refractivity contribution < 1.29 is 4.48 Å². The minimum absolute atomic E-state index is 0.324. The highest BCUT2D eigenvalue weighted by molar-refractivity contribution is 4.87. The third kappa shape index (κ3) is 5.28. The highest BCUT2D eigenvalue weighted by Gasteiger charge is 2.27. The fourth-order valence-corrected chi connectivity index (χ4v) is 2.03. The lowest BCUT2D eigenvalue weighted by Gasteiger charge is -2.39. The molecule has 0 fully saturated rings. The van der Waals surface area contributed by atoms with Gasteiger partial charge in [0.15, 0.2) is 0 Å². The molecule has 0 saturated carbocycles. The molecule has 0 unspecified atom stereocenters. The molecule has 0 heterocycles. The first-order valence-electron chi connectivity index (χ1n) is 6.46. The largest absolute Gasteiger partial charge is 0.330 e. The molecule has 0 aliphatic heterocycles. The summed E-state index contributed by atoms with van der Waals surface area (Å²) in [5.41, 5.74) is 0.324. The molecule has 0 aromatic carbocycles. The summed E-state index contributed by atoms with van der Waals surface area (Å²) >= 11 is 0. The van der Waals surface area contributed by atoms with Gasteiger partial charge in [-0.25, -0.2) is 0 Å². The zero-order valence-electron chi connectivity index (χ0n) is 12.4. The molecule has 0 saturated heterocycles. The van der Waals surface area contributed by atoms with Gasteiger partial charge in [-0.3, -0.25) is 0 Å². The lowest BCUT2D eigenvalue weighted by Crippen LogP contribution is -2.52. The predicted molar refractivity (Wildman–Crippen MR) is 72.8 cm³/mol. The van der Waals surface area contributed by atoms with Crippen LogP contribution < -0.4 is 5.32 Å². The van der Waals surface area contributed by atoms with Gasteiger partial charge in [-0.1, -0.05) is 13.8 Å². The Morgan fingerprint density at radius 3 is 1.88 bits per heavy atom. The van der Waals surface area contributed by atoms with Crippen LogP contribution in [0.5, 0.6) is 0 Å². The fraction of sp³-hybridized carbons (Fsp3) is 1.00. The normalized spacial score (nSPS) is 13.5. The first kappa shape index (κ1) is 15.9. The van der Waals surface area contributed by atoms with Crippen LogP contribution in [-0.4, -0.2) is 69.8 Å². The van der Waals surface area contributed by atoms with Crippen LogP contribution in [0.15, 0.2) is 0 Å². The molecule has 0 aliphatic rings. The summed E-state index contributed by atoms with van der Waals surface area (Å²) in [6.07, 6.45) is 2.40. The molecule has 0 spiro atoms. The third-order valence-corrected chi connectivity index (χ3v) is 3.68. The van der Waals surface area contributed by atoms with Gasteiger partial charge >= 0.3 is 0 Å². The topological polar surface area (TPSA) is 15.3 Å². The molecule has 0 aromatic heterocycles. The Morgan fingerprint density at radius 1 is 1.06 bits per heavy atom. The monoisotopic (exact) mass is 230 g/mol. The summed E-state index contributed by atoms with van der Waals surface area (Å²) in [5, 5.41) is 3.61. The van der Waals surface area contributed by atoms with Crippen LogP contribution in [0.3, 0.4) is 0 Å². The van der Waals surface area contributed by atoms with Crippen LogP contribution in [0.1, 0.15) is 26.7 Å². The molecule has 98 valence electrons. The van der Waals surface area contributed by atoms with E-state index in [4.69, 9.17) is 0 Å². The number of hydrogen-bond donors (Lipinski definition) is 1. The molecule has 0 aromatic rings. The van der Waals surface area contributed by atoms with Crippen LogP contribution in [0.2, 0.25) is 0 Å². The van der Waals surface area contributed by atoms with Crippen molar-refractivity contribution in [3.05, 3.63) is 0 Å². The number of nitrogens with one attached hydrogen (secondary N) is 1. The minimum Gasteiger partial charge on any atom is -0.330 e. The minimum atomic E-state index is 0.324. The first-order chi connectivity index (χ1) is 7.27. The molecule has 0 rings (SSSR count). The number of rotatable bonds is 8. The van der Waals surface area contributed by atoms with E-state index in [2.05, 4.69) is 59.3 Å². The van der Waals surface area contributed by atoms with Crippen LogP contribution in [0.25, 0.3) is 0 Å². The average molecular weight is 230 g/mol. The van der Waals surface area contributed by atoms with E-state index in [1.165, 1.54) is 19.4 Å². The maximum absolute atomic E-state index is 3.61. The lowest BCUT2D eigenvalue weighted by atomic mass is 9.91. The lowest BCUT2D eigenvalue weighted by molar-refractivity contribution is -0.869. The highest BCUT2D eigenvalue weighted by Crippen LogP contribution is 2.19. The molecule has 0 radical (unpaired) electrons. The molecule has 3 nitrogen and oxygen atoms in total.